The van der Waals surface area contributed by atoms with E-state index in [1.807, 2.05) is 0 Å². The monoisotopic (exact) mass is 387 g/mol. The van der Waals surface area contributed by atoms with Crippen LogP contribution in [0, 0.1) is 0 Å². The Hall–Kier alpha value is -2.98. The number of phenols is 1. The number of benzene rings is 1. The van der Waals surface area contributed by atoms with Crippen LogP contribution in [-0.2, 0) is 11.4 Å². The van der Waals surface area contributed by atoms with Gasteiger partial charge in [0, 0.05) is 18.7 Å². The molecule has 1 aliphatic rings. The van der Waals surface area contributed by atoms with Crippen LogP contribution in [0.15, 0.2) is 35.4 Å². The van der Waals surface area contributed by atoms with Gasteiger partial charge in [-0.15, -0.1) is 0 Å². The van der Waals surface area contributed by atoms with E-state index in [2.05, 4.69) is 14.7 Å². The molecule has 0 atom stereocenters. The number of hydrogen-bond acceptors (Lipinski definition) is 7. The number of aromatic hydroxyl groups is 1. The van der Waals surface area contributed by atoms with E-state index < -0.39 is 0 Å². The van der Waals surface area contributed by atoms with Gasteiger partial charge in [-0.3, -0.25) is 9.36 Å². The molecule has 1 saturated heterocycles. The van der Waals surface area contributed by atoms with Crippen molar-refractivity contribution in [3.63, 3.8) is 0 Å². The Bertz CT molecular complexity index is 1020. The summed E-state index contributed by atoms with van der Waals surface area (Å²) in [5, 5.41) is 12.1. The molecule has 9 nitrogen and oxygen atoms in total. The third kappa shape index (κ3) is 3.49. The molecule has 3 aromatic rings. The average Bonchev–Trinajstić information content (AvgIpc) is 3.13. The van der Waals surface area contributed by atoms with Gasteiger partial charge in [-0.25, -0.2) is 9.78 Å². The Kier molecular flexibility index (Phi) is 4.73. The summed E-state index contributed by atoms with van der Waals surface area (Å²) in [5.74, 6) is 0.157. The molecule has 2 N–H and O–H groups in total. The fourth-order valence-corrected chi connectivity index (χ4v) is 3.61. The van der Waals surface area contributed by atoms with Gasteiger partial charge in [0.05, 0.1) is 19.5 Å². The number of phenolic OH excluding ortho intramolecular Hbond substituents is 1. The van der Waals surface area contributed by atoms with Crippen LogP contribution in [0.4, 0.5) is 4.79 Å². The topological polar surface area (TPSA) is 110 Å². The first-order chi connectivity index (χ1) is 13.1. The van der Waals surface area contributed by atoms with Gasteiger partial charge in [-0.2, -0.15) is 4.37 Å². The summed E-state index contributed by atoms with van der Waals surface area (Å²) in [4.78, 5) is 30.8. The molecule has 2 amide bonds. The van der Waals surface area contributed by atoms with Crippen LogP contribution in [0.1, 0.15) is 0 Å². The highest BCUT2D eigenvalue weighted by Crippen LogP contribution is 2.28. The lowest BCUT2D eigenvalue weighted by Gasteiger charge is -2.26. The summed E-state index contributed by atoms with van der Waals surface area (Å²) in [7, 11) is 0. The van der Waals surface area contributed by atoms with E-state index in [0.29, 0.717) is 42.2 Å². The van der Waals surface area contributed by atoms with Crippen LogP contribution in [0.25, 0.3) is 21.5 Å². The van der Waals surface area contributed by atoms with Crippen molar-refractivity contribution in [2.24, 2.45) is 0 Å². The van der Waals surface area contributed by atoms with Crippen LogP contribution in [0.5, 0.6) is 5.75 Å². The van der Waals surface area contributed by atoms with E-state index in [0.717, 1.165) is 17.1 Å². The zero-order valence-electron chi connectivity index (χ0n) is 14.3. The fourth-order valence-electron chi connectivity index (χ4n) is 2.81. The van der Waals surface area contributed by atoms with Gasteiger partial charge in [0.2, 0.25) is 0 Å². The van der Waals surface area contributed by atoms with Crippen molar-refractivity contribution in [1.29, 1.82) is 0 Å². The molecule has 10 heteroatoms. The summed E-state index contributed by atoms with van der Waals surface area (Å²) in [6.07, 6.45) is 1.41. The molecule has 3 heterocycles. The molecule has 1 aliphatic heterocycles. The molecule has 0 aliphatic carbocycles. The number of ether oxygens (including phenoxy) is 1. The summed E-state index contributed by atoms with van der Waals surface area (Å²) >= 11 is 1.07. The van der Waals surface area contributed by atoms with Crippen LogP contribution in [0.2, 0.25) is 0 Å². The molecule has 0 bridgehead atoms. The average molecular weight is 387 g/mol. The lowest BCUT2D eigenvalue weighted by Crippen LogP contribution is -2.47. The standard InChI is InChI=1S/C17H17N5O4S/c23-12-3-1-11(2-4-12)13-14-15(27-20-13)16(24)22(9-18-14)10-19-17(25)21-5-7-26-8-6-21/h1-4,9,23H,5-8,10H2,(H,19,25). The van der Waals surface area contributed by atoms with Crippen LogP contribution in [0.3, 0.4) is 0 Å². The molecular formula is C17H17N5O4S. The molecule has 1 aromatic carbocycles. The summed E-state index contributed by atoms with van der Waals surface area (Å²) in [5.41, 5.74) is 1.61. The molecule has 0 saturated carbocycles. The number of nitrogens with one attached hydrogen (secondary N) is 1. The van der Waals surface area contributed by atoms with Crippen molar-refractivity contribution in [3.8, 4) is 17.0 Å². The minimum atomic E-state index is -0.259. The Morgan fingerprint density at radius 3 is 2.74 bits per heavy atom. The van der Waals surface area contributed by atoms with Gasteiger partial charge in [-0.1, -0.05) is 0 Å². The van der Waals surface area contributed by atoms with E-state index in [9.17, 15) is 14.7 Å². The fraction of sp³-hybridized carbons (Fsp3) is 0.294. The first kappa shape index (κ1) is 17.4. The van der Waals surface area contributed by atoms with Gasteiger partial charge in [0.1, 0.15) is 28.3 Å². The van der Waals surface area contributed by atoms with Crippen molar-refractivity contribution >= 4 is 27.8 Å². The zero-order chi connectivity index (χ0) is 18.8. The maximum Gasteiger partial charge on any atom is 0.318 e. The number of hydrogen-bond donors (Lipinski definition) is 2. The minimum absolute atomic E-state index is 0.0321. The van der Waals surface area contributed by atoms with Gasteiger partial charge in [0.15, 0.2) is 0 Å². The number of carbonyl (C=O) groups is 1. The Balaban J connectivity index is 1.55. The number of carbonyl (C=O) groups excluding carboxylic acids is 1. The second kappa shape index (κ2) is 7.33. The number of morpholine rings is 1. The maximum atomic E-state index is 12.7. The molecule has 140 valence electrons. The molecule has 4 rings (SSSR count). The van der Waals surface area contributed by atoms with E-state index in [1.165, 1.54) is 10.9 Å². The van der Waals surface area contributed by atoms with E-state index in [-0.39, 0.29) is 24.0 Å². The van der Waals surface area contributed by atoms with Crippen LogP contribution < -0.4 is 10.9 Å². The van der Waals surface area contributed by atoms with Crippen LogP contribution in [-0.4, -0.2) is 56.3 Å². The van der Waals surface area contributed by atoms with Gasteiger partial charge >= 0.3 is 6.03 Å². The highest BCUT2D eigenvalue weighted by atomic mass is 32.1. The van der Waals surface area contributed by atoms with E-state index in [4.69, 9.17) is 4.74 Å². The zero-order valence-corrected chi connectivity index (χ0v) is 15.1. The van der Waals surface area contributed by atoms with Crippen molar-refractivity contribution in [2.45, 2.75) is 6.67 Å². The number of nitrogens with zero attached hydrogens (tertiary/aromatic N) is 4. The number of amides is 2. The summed E-state index contributed by atoms with van der Waals surface area (Å²) in [6.45, 7) is 2.12. The van der Waals surface area contributed by atoms with Crippen molar-refractivity contribution in [3.05, 3.63) is 40.9 Å². The number of urea groups is 1. The van der Waals surface area contributed by atoms with E-state index >= 15 is 0 Å². The quantitative estimate of drug-likeness (QED) is 0.699. The predicted octanol–water partition coefficient (Wildman–Crippen LogP) is 1.22. The van der Waals surface area contributed by atoms with Gasteiger partial charge < -0.3 is 20.1 Å². The molecule has 0 unspecified atom stereocenters. The molecule has 0 spiro atoms. The third-order valence-corrected chi connectivity index (χ3v) is 5.11. The maximum absolute atomic E-state index is 12.7. The summed E-state index contributed by atoms with van der Waals surface area (Å²) in [6, 6.07) is 6.32. The molecule has 1 fully saturated rings. The summed E-state index contributed by atoms with van der Waals surface area (Å²) < 4.78 is 11.3. The normalized spacial score (nSPS) is 14.4. The minimum Gasteiger partial charge on any atom is -0.508 e. The Morgan fingerprint density at radius 1 is 1.26 bits per heavy atom. The van der Waals surface area contributed by atoms with Crippen molar-refractivity contribution in [1.82, 2.24) is 24.1 Å². The highest BCUT2D eigenvalue weighted by Gasteiger charge is 2.18. The van der Waals surface area contributed by atoms with Crippen molar-refractivity contribution in [2.75, 3.05) is 26.3 Å². The third-order valence-electron chi connectivity index (χ3n) is 4.29. The second-order valence-electron chi connectivity index (χ2n) is 6.01. The predicted molar refractivity (Wildman–Crippen MR) is 99.7 cm³/mol. The first-order valence-electron chi connectivity index (χ1n) is 8.38. The smallest absolute Gasteiger partial charge is 0.318 e. The van der Waals surface area contributed by atoms with E-state index in [1.54, 1.807) is 29.2 Å². The number of aromatic nitrogens is 3. The second-order valence-corrected chi connectivity index (χ2v) is 6.79. The number of rotatable bonds is 3. The lowest BCUT2D eigenvalue weighted by atomic mass is 10.1. The van der Waals surface area contributed by atoms with Crippen molar-refractivity contribution < 1.29 is 14.6 Å². The SMILES string of the molecule is O=C(NCn1cnc2c(-c3ccc(O)cc3)nsc2c1=O)N1CCOCC1. The highest BCUT2D eigenvalue weighted by molar-refractivity contribution is 7.13. The Labute approximate surface area is 158 Å². The molecule has 0 radical (unpaired) electrons. The lowest BCUT2D eigenvalue weighted by molar-refractivity contribution is 0.0527. The largest absolute Gasteiger partial charge is 0.508 e. The molecule has 2 aromatic heterocycles. The van der Waals surface area contributed by atoms with Gasteiger partial charge in [-0.05, 0) is 35.8 Å². The number of fused-ring (bicyclic) bond motifs is 1. The first-order valence-corrected chi connectivity index (χ1v) is 9.15. The Morgan fingerprint density at radius 2 is 2.00 bits per heavy atom. The van der Waals surface area contributed by atoms with Gasteiger partial charge in [0.25, 0.3) is 5.56 Å². The molecule has 27 heavy (non-hydrogen) atoms. The van der Waals surface area contributed by atoms with Crippen LogP contribution >= 0.6 is 11.5 Å². The molecular weight excluding hydrogens is 370 g/mol.